The number of anilines is 2. The van der Waals surface area contributed by atoms with E-state index in [2.05, 4.69) is 60.9 Å². The van der Waals surface area contributed by atoms with Gasteiger partial charge in [-0.1, -0.05) is 47.8 Å². The maximum absolute atomic E-state index is 4.89. The van der Waals surface area contributed by atoms with Crippen molar-refractivity contribution in [1.29, 1.82) is 0 Å². The molecular weight excluding hydrogens is 413 g/mol. The van der Waals surface area contributed by atoms with Crippen molar-refractivity contribution < 1.29 is 0 Å². The average Bonchev–Trinajstić information content (AvgIpc) is 3.05. The van der Waals surface area contributed by atoms with E-state index >= 15 is 0 Å². The summed E-state index contributed by atoms with van der Waals surface area (Å²) in [6.07, 6.45) is 0. The standard InChI is InChI=1S/C16H16N2S6/c1-9-5-3-7-11-13(9)17-15(19,21-11)23-24-16(20)18-14-10(2)6-4-8-12(14)22-16/h3-8,17-20H,1-2H3. The van der Waals surface area contributed by atoms with Crippen molar-refractivity contribution in [3.05, 3.63) is 47.5 Å². The number of rotatable bonds is 3. The van der Waals surface area contributed by atoms with Crippen LogP contribution in [0.1, 0.15) is 11.1 Å². The van der Waals surface area contributed by atoms with Crippen molar-refractivity contribution in [2.24, 2.45) is 0 Å². The molecule has 0 saturated carbocycles. The van der Waals surface area contributed by atoms with E-state index in [1.165, 1.54) is 32.3 Å². The molecule has 0 aromatic heterocycles. The maximum Gasteiger partial charge on any atom is 0.190 e. The molecule has 2 atom stereocenters. The molecule has 0 spiro atoms. The first-order chi connectivity index (χ1) is 11.4. The van der Waals surface area contributed by atoms with Gasteiger partial charge in [0, 0.05) is 9.79 Å². The molecule has 24 heavy (non-hydrogen) atoms. The van der Waals surface area contributed by atoms with Crippen LogP contribution < -0.4 is 10.6 Å². The minimum atomic E-state index is -0.402. The second-order valence-corrected chi connectivity index (χ2v) is 13.8. The van der Waals surface area contributed by atoms with Crippen molar-refractivity contribution in [3.63, 3.8) is 0 Å². The Morgan fingerprint density at radius 1 is 0.792 bits per heavy atom. The fraction of sp³-hybridized carbons (Fsp3) is 0.250. The molecule has 2 aromatic carbocycles. The molecule has 2 aromatic rings. The SMILES string of the molecule is Cc1cccc2c1NC(S)(SSC1(S)Nc3c(C)cccc3S1)S2. The minimum absolute atomic E-state index is 0.402. The lowest BCUT2D eigenvalue weighted by Gasteiger charge is -2.27. The van der Waals surface area contributed by atoms with Gasteiger partial charge in [-0.3, -0.25) is 0 Å². The van der Waals surface area contributed by atoms with Crippen LogP contribution in [0.25, 0.3) is 0 Å². The molecule has 0 amide bonds. The summed E-state index contributed by atoms with van der Waals surface area (Å²) in [5, 5.41) is 7.10. The summed E-state index contributed by atoms with van der Waals surface area (Å²) in [4.78, 5) is 2.50. The normalized spacial score (nSPS) is 27.3. The van der Waals surface area contributed by atoms with Gasteiger partial charge in [-0.05, 0) is 58.7 Å². The third-order valence-corrected chi connectivity index (χ3v) is 11.9. The fourth-order valence-corrected chi connectivity index (χ4v) is 9.41. The smallest absolute Gasteiger partial charge is 0.190 e. The summed E-state index contributed by atoms with van der Waals surface area (Å²) in [6, 6.07) is 12.7. The van der Waals surface area contributed by atoms with E-state index in [1.54, 1.807) is 45.1 Å². The highest BCUT2D eigenvalue weighted by atomic mass is 33.1. The van der Waals surface area contributed by atoms with Crippen LogP contribution in [-0.4, -0.2) is 7.07 Å². The molecule has 2 aliphatic rings. The Morgan fingerprint density at radius 2 is 1.21 bits per heavy atom. The van der Waals surface area contributed by atoms with Crippen LogP contribution in [-0.2, 0) is 0 Å². The molecule has 0 saturated heterocycles. The molecule has 0 aliphatic carbocycles. The first-order valence-corrected chi connectivity index (χ1v) is 12.0. The number of hydrogen-bond donors (Lipinski definition) is 4. The third kappa shape index (κ3) is 3.25. The Kier molecular flexibility index (Phi) is 4.67. The van der Waals surface area contributed by atoms with Crippen molar-refractivity contribution in [2.45, 2.75) is 30.7 Å². The third-order valence-electron chi connectivity index (χ3n) is 3.80. The zero-order chi connectivity index (χ0) is 16.9. The largest absolute Gasteiger partial charge is 0.352 e. The highest BCUT2D eigenvalue weighted by molar-refractivity contribution is 8.83. The zero-order valence-electron chi connectivity index (χ0n) is 13.0. The molecule has 126 valence electrons. The Balaban J connectivity index is 1.47. The van der Waals surface area contributed by atoms with E-state index in [9.17, 15) is 0 Å². The molecule has 2 aliphatic heterocycles. The lowest BCUT2D eigenvalue weighted by Crippen LogP contribution is -2.22. The average molecular weight is 429 g/mol. The van der Waals surface area contributed by atoms with E-state index < -0.39 is 7.07 Å². The summed E-state index contributed by atoms with van der Waals surface area (Å²) in [5.74, 6) is 0. The number of para-hydroxylation sites is 2. The Morgan fingerprint density at radius 3 is 1.58 bits per heavy atom. The number of thioether (sulfide) groups is 2. The number of benzene rings is 2. The monoisotopic (exact) mass is 428 g/mol. The molecule has 2 N–H and O–H groups in total. The van der Waals surface area contributed by atoms with Crippen molar-refractivity contribution >= 4 is 81.7 Å². The first kappa shape index (κ1) is 17.5. The predicted molar refractivity (Wildman–Crippen MR) is 120 cm³/mol. The van der Waals surface area contributed by atoms with Crippen molar-refractivity contribution in [2.75, 3.05) is 10.6 Å². The Bertz CT molecular complexity index is 746. The first-order valence-electron chi connectivity index (χ1n) is 7.33. The van der Waals surface area contributed by atoms with E-state index in [-0.39, 0.29) is 0 Å². The van der Waals surface area contributed by atoms with Crippen LogP contribution in [0.3, 0.4) is 0 Å². The number of aryl methyl sites for hydroxylation is 2. The maximum atomic E-state index is 4.89. The molecule has 0 bridgehead atoms. The van der Waals surface area contributed by atoms with E-state index in [0.29, 0.717) is 0 Å². The van der Waals surface area contributed by atoms with Gasteiger partial charge in [0.2, 0.25) is 0 Å². The van der Waals surface area contributed by atoms with Gasteiger partial charge in [-0.25, -0.2) is 0 Å². The Labute approximate surface area is 169 Å². The molecule has 0 fully saturated rings. The quantitative estimate of drug-likeness (QED) is 0.253. The van der Waals surface area contributed by atoms with Crippen LogP contribution in [0.4, 0.5) is 11.4 Å². The molecule has 8 heteroatoms. The van der Waals surface area contributed by atoms with Gasteiger partial charge >= 0.3 is 0 Å². The van der Waals surface area contributed by atoms with Gasteiger partial charge < -0.3 is 10.6 Å². The van der Waals surface area contributed by atoms with Gasteiger partial charge in [-0.15, -0.1) is 25.3 Å². The van der Waals surface area contributed by atoms with Gasteiger partial charge in [0.1, 0.15) is 0 Å². The molecule has 2 nitrogen and oxygen atoms in total. The van der Waals surface area contributed by atoms with Crippen LogP contribution in [0.5, 0.6) is 0 Å². The molecular formula is C16H16N2S6. The van der Waals surface area contributed by atoms with Gasteiger partial charge in [0.05, 0.1) is 11.4 Å². The summed E-state index contributed by atoms with van der Waals surface area (Å²) < 4.78 is -0.804. The molecule has 0 radical (unpaired) electrons. The topological polar surface area (TPSA) is 24.1 Å². The lowest BCUT2D eigenvalue weighted by atomic mass is 10.2. The Hall–Kier alpha value is 0.140. The van der Waals surface area contributed by atoms with Crippen molar-refractivity contribution in [1.82, 2.24) is 0 Å². The molecule has 4 rings (SSSR count). The summed E-state index contributed by atoms with van der Waals surface area (Å²) in [6.45, 7) is 4.25. The van der Waals surface area contributed by atoms with Gasteiger partial charge in [0.25, 0.3) is 0 Å². The number of fused-ring (bicyclic) bond motifs is 2. The van der Waals surface area contributed by atoms with Gasteiger partial charge in [0.15, 0.2) is 7.07 Å². The van der Waals surface area contributed by atoms with E-state index in [1.807, 2.05) is 0 Å². The van der Waals surface area contributed by atoms with E-state index in [4.69, 9.17) is 25.3 Å². The minimum Gasteiger partial charge on any atom is -0.352 e. The molecule has 2 heterocycles. The predicted octanol–water partition coefficient (Wildman–Crippen LogP) is 6.50. The number of thiol groups is 2. The summed E-state index contributed by atoms with van der Waals surface area (Å²) in [5.41, 5.74) is 4.87. The second kappa shape index (κ2) is 6.39. The number of hydrogen-bond acceptors (Lipinski definition) is 8. The summed E-state index contributed by atoms with van der Waals surface area (Å²) in [7, 11) is 3.39. The van der Waals surface area contributed by atoms with Crippen LogP contribution in [0, 0.1) is 13.8 Å². The van der Waals surface area contributed by atoms with Gasteiger partial charge in [-0.2, -0.15) is 0 Å². The zero-order valence-corrected chi connectivity index (χ0v) is 18.0. The molecule has 2 unspecified atom stereocenters. The fourth-order valence-electron chi connectivity index (χ4n) is 2.63. The van der Waals surface area contributed by atoms with Crippen LogP contribution in [0.15, 0.2) is 46.2 Å². The second-order valence-electron chi connectivity index (χ2n) is 5.68. The number of nitrogens with one attached hydrogen (secondary N) is 2. The van der Waals surface area contributed by atoms with Crippen molar-refractivity contribution in [3.8, 4) is 0 Å². The highest BCUT2D eigenvalue weighted by Gasteiger charge is 2.42. The van der Waals surface area contributed by atoms with E-state index in [0.717, 1.165) is 0 Å². The summed E-state index contributed by atoms with van der Waals surface area (Å²) >= 11 is 13.3. The van der Waals surface area contributed by atoms with Crippen LogP contribution in [0.2, 0.25) is 0 Å². The highest BCUT2D eigenvalue weighted by Crippen LogP contribution is 2.64. The van der Waals surface area contributed by atoms with Crippen LogP contribution >= 0.6 is 70.4 Å². The lowest BCUT2D eigenvalue weighted by molar-refractivity contribution is 1.29.